The van der Waals surface area contributed by atoms with Crippen molar-refractivity contribution in [2.24, 2.45) is 11.7 Å². The number of carbonyl (C=O) groups is 1. The molecule has 0 saturated carbocycles. The number of amides is 1. The summed E-state index contributed by atoms with van der Waals surface area (Å²) in [5.74, 6) is 0.644. The van der Waals surface area contributed by atoms with E-state index in [4.69, 9.17) is 22.1 Å². The lowest BCUT2D eigenvalue weighted by Crippen LogP contribution is -2.42. The van der Waals surface area contributed by atoms with Gasteiger partial charge < -0.3 is 15.8 Å². The van der Waals surface area contributed by atoms with Crippen molar-refractivity contribution in [3.8, 4) is 5.75 Å². The Morgan fingerprint density at radius 3 is 2.94 bits per heavy atom. The van der Waals surface area contributed by atoms with Gasteiger partial charge in [0.1, 0.15) is 11.9 Å². The number of nitrogens with two attached hydrogens (primary N) is 1. The zero-order chi connectivity index (χ0) is 13.1. The van der Waals surface area contributed by atoms with Crippen molar-refractivity contribution in [1.29, 1.82) is 0 Å². The Balaban J connectivity index is 2.10. The maximum atomic E-state index is 11.1. The van der Waals surface area contributed by atoms with Crippen LogP contribution >= 0.6 is 11.6 Å². The molecule has 1 saturated heterocycles. The van der Waals surface area contributed by atoms with Crippen molar-refractivity contribution < 1.29 is 9.53 Å². The number of ether oxygens (including phenoxy) is 1. The van der Waals surface area contributed by atoms with E-state index in [0.29, 0.717) is 22.3 Å². The summed E-state index contributed by atoms with van der Waals surface area (Å²) in [6.07, 6.45) is 1.23. The van der Waals surface area contributed by atoms with E-state index in [-0.39, 0.29) is 6.10 Å². The summed E-state index contributed by atoms with van der Waals surface area (Å²) >= 11 is 5.98. The zero-order valence-electron chi connectivity index (χ0n) is 10.3. The minimum atomic E-state index is -0.528. The molecule has 1 aromatic carbocycles. The smallest absolute Gasteiger partial charge is 0.250 e. The summed E-state index contributed by atoms with van der Waals surface area (Å²) in [4.78, 5) is 11.1. The predicted octanol–water partition coefficient (Wildman–Crippen LogP) is 1.82. The maximum absolute atomic E-state index is 11.1. The standard InChI is InChI=1S/C13H17ClN2O2/c1-8-4-5-16-7-12(8)18-9-2-3-10(13(15)17)11(14)6-9/h2-3,6,8,12,16H,4-5,7H2,1H3,(H2,15,17). The van der Waals surface area contributed by atoms with E-state index in [1.807, 2.05) is 0 Å². The summed E-state index contributed by atoms with van der Waals surface area (Å²) in [6.45, 7) is 4.03. The topological polar surface area (TPSA) is 64.3 Å². The first-order chi connectivity index (χ1) is 8.58. The molecule has 2 unspecified atom stereocenters. The van der Waals surface area contributed by atoms with Crippen LogP contribution in [0.5, 0.6) is 5.75 Å². The lowest BCUT2D eigenvalue weighted by Gasteiger charge is -2.30. The zero-order valence-corrected chi connectivity index (χ0v) is 11.0. The lowest BCUT2D eigenvalue weighted by molar-refractivity contribution is 0.1000. The van der Waals surface area contributed by atoms with Crippen LogP contribution in [0.1, 0.15) is 23.7 Å². The van der Waals surface area contributed by atoms with Gasteiger partial charge in [0.15, 0.2) is 0 Å². The number of benzene rings is 1. The highest BCUT2D eigenvalue weighted by Crippen LogP contribution is 2.25. The van der Waals surface area contributed by atoms with Crippen LogP contribution in [0, 0.1) is 5.92 Å². The van der Waals surface area contributed by atoms with Crippen LogP contribution in [0.3, 0.4) is 0 Å². The third kappa shape index (κ3) is 2.94. The highest BCUT2D eigenvalue weighted by molar-refractivity contribution is 6.33. The molecule has 1 aliphatic heterocycles. The molecule has 0 aromatic heterocycles. The van der Waals surface area contributed by atoms with Gasteiger partial charge >= 0.3 is 0 Å². The van der Waals surface area contributed by atoms with E-state index in [1.54, 1.807) is 18.2 Å². The van der Waals surface area contributed by atoms with Crippen molar-refractivity contribution in [2.45, 2.75) is 19.4 Å². The number of primary amides is 1. The summed E-state index contributed by atoms with van der Waals surface area (Å²) in [7, 11) is 0. The predicted molar refractivity (Wildman–Crippen MR) is 71.0 cm³/mol. The molecule has 2 rings (SSSR count). The van der Waals surface area contributed by atoms with Crippen LogP contribution in [0.25, 0.3) is 0 Å². The van der Waals surface area contributed by atoms with Gasteiger partial charge in [-0.15, -0.1) is 0 Å². The molecular formula is C13H17ClN2O2. The number of piperidine rings is 1. The van der Waals surface area contributed by atoms with E-state index in [1.165, 1.54) is 0 Å². The Labute approximate surface area is 111 Å². The fourth-order valence-corrected chi connectivity index (χ4v) is 2.33. The van der Waals surface area contributed by atoms with Gasteiger partial charge in [0.25, 0.3) is 0 Å². The molecule has 98 valence electrons. The fraction of sp³-hybridized carbons (Fsp3) is 0.462. The summed E-state index contributed by atoms with van der Waals surface area (Å²) in [6, 6.07) is 4.97. The van der Waals surface area contributed by atoms with Crippen LogP contribution in [0.15, 0.2) is 18.2 Å². The van der Waals surface area contributed by atoms with Crippen molar-refractivity contribution in [1.82, 2.24) is 5.32 Å². The average Bonchev–Trinajstić information content (AvgIpc) is 2.32. The molecule has 1 heterocycles. The largest absolute Gasteiger partial charge is 0.489 e. The minimum Gasteiger partial charge on any atom is -0.489 e. The van der Waals surface area contributed by atoms with Crippen LogP contribution in [-0.4, -0.2) is 25.1 Å². The molecule has 1 fully saturated rings. The molecule has 3 N–H and O–H groups in total. The Kier molecular flexibility index (Phi) is 4.09. The highest BCUT2D eigenvalue weighted by Gasteiger charge is 2.22. The van der Waals surface area contributed by atoms with Crippen LogP contribution in [-0.2, 0) is 0 Å². The molecule has 2 atom stereocenters. The molecule has 1 aromatic rings. The number of rotatable bonds is 3. The molecular weight excluding hydrogens is 252 g/mol. The van der Waals surface area contributed by atoms with Crippen LogP contribution in [0.4, 0.5) is 0 Å². The number of carbonyl (C=O) groups excluding carboxylic acids is 1. The normalized spacial score (nSPS) is 23.7. The van der Waals surface area contributed by atoms with E-state index >= 15 is 0 Å². The highest BCUT2D eigenvalue weighted by atomic mass is 35.5. The molecule has 18 heavy (non-hydrogen) atoms. The van der Waals surface area contributed by atoms with Gasteiger partial charge in [-0.2, -0.15) is 0 Å². The number of hydrogen-bond acceptors (Lipinski definition) is 3. The number of nitrogens with one attached hydrogen (secondary N) is 1. The second kappa shape index (κ2) is 5.59. The molecule has 5 heteroatoms. The first kappa shape index (κ1) is 13.2. The Morgan fingerprint density at radius 1 is 1.56 bits per heavy atom. The van der Waals surface area contributed by atoms with Gasteiger partial charge in [0.05, 0.1) is 10.6 Å². The third-order valence-corrected chi connectivity index (χ3v) is 3.56. The quantitative estimate of drug-likeness (QED) is 0.879. The first-order valence-corrected chi connectivity index (χ1v) is 6.42. The van der Waals surface area contributed by atoms with E-state index in [0.717, 1.165) is 19.5 Å². The second-order valence-electron chi connectivity index (χ2n) is 4.63. The van der Waals surface area contributed by atoms with Gasteiger partial charge in [-0.25, -0.2) is 0 Å². The molecule has 0 radical (unpaired) electrons. The molecule has 1 aliphatic rings. The molecule has 0 spiro atoms. The van der Waals surface area contributed by atoms with Crippen molar-refractivity contribution in [3.63, 3.8) is 0 Å². The lowest BCUT2D eigenvalue weighted by atomic mass is 9.97. The summed E-state index contributed by atoms with van der Waals surface area (Å²) in [5, 5.41) is 3.63. The molecule has 0 bridgehead atoms. The third-order valence-electron chi connectivity index (χ3n) is 3.25. The summed E-state index contributed by atoms with van der Waals surface area (Å²) in [5.41, 5.74) is 5.52. The van der Waals surface area contributed by atoms with Crippen molar-refractivity contribution in [3.05, 3.63) is 28.8 Å². The second-order valence-corrected chi connectivity index (χ2v) is 5.04. The molecule has 0 aliphatic carbocycles. The maximum Gasteiger partial charge on any atom is 0.250 e. The SMILES string of the molecule is CC1CCNCC1Oc1ccc(C(N)=O)c(Cl)c1. The first-order valence-electron chi connectivity index (χ1n) is 6.04. The van der Waals surface area contributed by atoms with Crippen molar-refractivity contribution >= 4 is 17.5 Å². The molecule has 1 amide bonds. The van der Waals surface area contributed by atoms with Crippen molar-refractivity contribution in [2.75, 3.05) is 13.1 Å². The van der Waals surface area contributed by atoms with Crippen LogP contribution in [0.2, 0.25) is 5.02 Å². The van der Waals surface area contributed by atoms with E-state index < -0.39 is 5.91 Å². The summed E-state index contributed by atoms with van der Waals surface area (Å²) < 4.78 is 5.88. The van der Waals surface area contributed by atoms with E-state index in [2.05, 4.69) is 12.2 Å². The fourth-order valence-electron chi connectivity index (χ4n) is 2.06. The molecule has 4 nitrogen and oxygen atoms in total. The number of hydrogen-bond donors (Lipinski definition) is 2. The Bertz CT molecular complexity index is 451. The van der Waals surface area contributed by atoms with Crippen LogP contribution < -0.4 is 15.8 Å². The van der Waals surface area contributed by atoms with Gasteiger partial charge in [-0.05, 0) is 37.1 Å². The van der Waals surface area contributed by atoms with Gasteiger partial charge in [-0.1, -0.05) is 18.5 Å². The average molecular weight is 269 g/mol. The van der Waals surface area contributed by atoms with Gasteiger partial charge in [0, 0.05) is 6.54 Å². The Morgan fingerprint density at radius 2 is 2.33 bits per heavy atom. The minimum absolute atomic E-state index is 0.134. The van der Waals surface area contributed by atoms with E-state index in [9.17, 15) is 4.79 Å². The Hall–Kier alpha value is -1.26. The number of halogens is 1. The van der Waals surface area contributed by atoms with Gasteiger partial charge in [-0.3, -0.25) is 4.79 Å². The monoisotopic (exact) mass is 268 g/mol. The van der Waals surface area contributed by atoms with Gasteiger partial charge in [0.2, 0.25) is 5.91 Å².